The summed E-state index contributed by atoms with van der Waals surface area (Å²) in [6.45, 7) is 7.08. The van der Waals surface area contributed by atoms with Crippen molar-refractivity contribution in [3.63, 3.8) is 0 Å². The van der Waals surface area contributed by atoms with Crippen LogP contribution in [-0.2, 0) is 4.79 Å². The number of carbonyl (C=O) groups excluding carboxylic acids is 1. The fourth-order valence-electron chi connectivity index (χ4n) is 0.729. The molecule has 5 heteroatoms. The Labute approximate surface area is 89.6 Å². The number of urea groups is 1. The van der Waals surface area contributed by atoms with Crippen LogP contribution in [0, 0.1) is 0 Å². The van der Waals surface area contributed by atoms with E-state index in [1.54, 1.807) is 0 Å². The number of carboxylic acid groups (broad SMARTS) is 1. The van der Waals surface area contributed by atoms with Crippen LogP contribution in [0.4, 0.5) is 4.79 Å². The normalized spacial score (nSPS) is 10.4. The number of amides is 2. The molecule has 0 aromatic heterocycles. The van der Waals surface area contributed by atoms with Gasteiger partial charge in [-0.25, -0.2) is 9.59 Å². The van der Waals surface area contributed by atoms with Crippen molar-refractivity contribution in [1.82, 2.24) is 10.6 Å². The Bertz CT molecular complexity index is 278. The third-order valence-electron chi connectivity index (χ3n) is 1.73. The molecule has 0 spiro atoms. The molecule has 0 saturated carbocycles. The van der Waals surface area contributed by atoms with E-state index in [2.05, 4.69) is 10.6 Å². The standard InChI is InChI=1S/C10H18N2O3/c1-7(2)5-6-11-9(15)12-10(3,4)8(13)14/h5H,6H2,1-4H3,(H,13,14)(H2,11,12,15). The van der Waals surface area contributed by atoms with Gasteiger partial charge in [0.2, 0.25) is 0 Å². The van der Waals surface area contributed by atoms with Crippen LogP contribution in [0.25, 0.3) is 0 Å². The van der Waals surface area contributed by atoms with Crippen molar-refractivity contribution in [3.05, 3.63) is 11.6 Å². The highest BCUT2D eigenvalue weighted by Crippen LogP contribution is 2.00. The van der Waals surface area contributed by atoms with Crippen LogP contribution in [0.2, 0.25) is 0 Å². The van der Waals surface area contributed by atoms with Gasteiger partial charge in [0.05, 0.1) is 0 Å². The van der Waals surface area contributed by atoms with Gasteiger partial charge in [0.1, 0.15) is 5.54 Å². The fourth-order valence-corrected chi connectivity index (χ4v) is 0.729. The predicted octanol–water partition coefficient (Wildman–Crippen LogP) is 1.11. The molecule has 15 heavy (non-hydrogen) atoms. The van der Waals surface area contributed by atoms with Crippen molar-refractivity contribution < 1.29 is 14.7 Å². The van der Waals surface area contributed by atoms with Gasteiger partial charge >= 0.3 is 12.0 Å². The molecular formula is C10H18N2O3. The lowest BCUT2D eigenvalue weighted by molar-refractivity contribution is -0.142. The van der Waals surface area contributed by atoms with Crippen LogP contribution >= 0.6 is 0 Å². The van der Waals surface area contributed by atoms with Crippen LogP contribution in [0.5, 0.6) is 0 Å². The summed E-state index contributed by atoms with van der Waals surface area (Å²) in [7, 11) is 0. The monoisotopic (exact) mass is 214 g/mol. The number of hydrogen-bond donors (Lipinski definition) is 3. The van der Waals surface area contributed by atoms with E-state index in [-0.39, 0.29) is 0 Å². The molecule has 0 saturated heterocycles. The lowest BCUT2D eigenvalue weighted by Crippen LogP contribution is -2.53. The molecule has 0 rings (SSSR count). The van der Waals surface area contributed by atoms with Crippen molar-refractivity contribution >= 4 is 12.0 Å². The number of aliphatic carboxylic acids is 1. The molecule has 3 N–H and O–H groups in total. The highest BCUT2D eigenvalue weighted by atomic mass is 16.4. The Balaban J connectivity index is 4.05. The molecule has 0 aromatic carbocycles. The van der Waals surface area contributed by atoms with Gasteiger partial charge in [-0.2, -0.15) is 0 Å². The summed E-state index contributed by atoms with van der Waals surface area (Å²) in [5.74, 6) is -1.07. The minimum absolute atomic E-state index is 0.393. The SMILES string of the molecule is CC(C)=CCNC(=O)NC(C)(C)C(=O)O. The molecule has 0 radical (unpaired) electrons. The minimum atomic E-state index is -1.25. The third-order valence-corrected chi connectivity index (χ3v) is 1.73. The van der Waals surface area contributed by atoms with Crippen molar-refractivity contribution in [2.75, 3.05) is 6.54 Å². The number of allylic oxidation sites excluding steroid dienone is 1. The van der Waals surface area contributed by atoms with E-state index in [0.29, 0.717) is 6.54 Å². The first-order chi connectivity index (χ1) is 6.75. The maximum absolute atomic E-state index is 11.2. The first-order valence-electron chi connectivity index (χ1n) is 4.68. The first kappa shape index (κ1) is 13.5. The Morgan fingerprint density at radius 2 is 1.87 bits per heavy atom. The molecule has 0 aliphatic rings. The van der Waals surface area contributed by atoms with Gasteiger partial charge in [-0.05, 0) is 27.7 Å². The molecule has 0 aliphatic heterocycles. The molecule has 0 unspecified atom stereocenters. The van der Waals surface area contributed by atoms with E-state index in [1.165, 1.54) is 13.8 Å². The molecule has 86 valence electrons. The summed E-state index contributed by atoms with van der Waals surface area (Å²) in [6, 6.07) is -0.486. The largest absolute Gasteiger partial charge is 0.480 e. The maximum atomic E-state index is 11.2. The summed E-state index contributed by atoms with van der Waals surface area (Å²) < 4.78 is 0. The molecule has 5 nitrogen and oxygen atoms in total. The third kappa shape index (κ3) is 5.72. The Morgan fingerprint density at radius 3 is 2.27 bits per heavy atom. The van der Waals surface area contributed by atoms with Crippen LogP contribution in [0.1, 0.15) is 27.7 Å². The van der Waals surface area contributed by atoms with E-state index in [9.17, 15) is 9.59 Å². The molecule has 0 fully saturated rings. The van der Waals surface area contributed by atoms with Crippen LogP contribution in [-0.4, -0.2) is 29.2 Å². The average molecular weight is 214 g/mol. The van der Waals surface area contributed by atoms with Gasteiger partial charge in [-0.1, -0.05) is 11.6 Å². The molecule has 0 aromatic rings. The summed E-state index contributed by atoms with van der Waals surface area (Å²) in [6.07, 6.45) is 1.84. The van der Waals surface area contributed by atoms with Gasteiger partial charge in [0, 0.05) is 6.54 Å². The van der Waals surface area contributed by atoms with E-state index < -0.39 is 17.5 Å². The molecule has 0 heterocycles. The zero-order valence-corrected chi connectivity index (χ0v) is 9.55. The molecule has 0 bridgehead atoms. The van der Waals surface area contributed by atoms with E-state index >= 15 is 0 Å². The van der Waals surface area contributed by atoms with Crippen LogP contribution in [0.3, 0.4) is 0 Å². The summed E-state index contributed by atoms with van der Waals surface area (Å²) in [4.78, 5) is 21.9. The van der Waals surface area contributed by atoms with Crippen molar-refractivity contribution in [3.8, 4) is 0 Å². The lowest BCUT2D eigenvalue weighted by atomic mass is 10.1. The summed E-state index contributed by atoms with van der Waals surface area (Å²) in [5, 5.41) is 13.6. The van der Waals surface area contributed by atoms with Gasteiger partial charge < -0.3 is 15.7 Å². The van der Waals surface area contributed by atoms with Crippen LogP contribution in [0.15, 0.2) is 11.6 Å². The van der Waals surface area contributed by atoms with Crippen molar-refractivity contribution in [2.24, 2.45) is 0 Å². The fraction of sp³-hybridized carbons (Fsp3) is 0.600. The van der Waals surface area contributed by atoms with Crippen molar-refractivity contribution in [2.45, 2.75) is 33.2 Å². The average Bonchev–Trinajstić information content (AvgIpc) is 2.01. The predicted molar refractivity (Wildman–Crippen MR) is 57.7 cm³/mol. The zero-order valence-electron chi connectivity index (χ0n) is 9.55. The van der Waals surface area contributed by atoms with Gasteiger partial charge in [-0.15, -0.1) is 0 Å². The van der Waals surface area contributed by atoms with Crippen LogP contribution < -0.4 is 10.6 Å². The zero-order chi connectivity index (χ0) is 12.1. The van der Waals surface area contributed by atoms with E-state index in [0.717, 1.165) is 5.57 Å². The molecular weight excluding hydrogens is 196 g/mol. The van der Waals surface area contributed by atoms with Gasteiger partial charge in [0.25, 0.3) is 0 Å². The lowest BCUT2D eigenvalue weighted by Gasteiger charge is -2.20. The summed E-state index contributed by atoms with van der Waals surface area (Å²) >= 11 is 0. The van der Waals surface area contributed by atoms with E-state index in [4.69, 9.17) is 5.11 Å². The Kier molecular flexibility index (Phi) is 4.84. The van der Waals surface area contributed by atoms with E-state index in [1.807, 2.05) is 19.9 Å². The number of rotatable bonds is 4. The quantitative estimate of drug-likeness (QED) is 0.613. The number of carboxylic acids is 1. The second-order valence-corrected chi connectivity index (χ2v) is 4.05. The summed E-state index contributed by atoms with van der Waals surface area (Å²) in [5.41, 5.74) is -0.164. The molecule has 0 atom stereocenters. The Hall–Kier alpha value is -1.52. The number of carbonyl (C=O) groups is 2. The molecule has 2 amide bonds. The van der Waals surface area contributed by atoms with Crippen molar-refractivity contribution in [1.29, 1.82) is 0 Å². The number of hydrogen-bond acceptors (Lipinski definition) is 2. The Morgan fingerprint density at radius 1 is 1.33 bits per heavy atom. The topological polar surface area (TPSA) is 78.4 Å². The second kappa shape index (κ2) is 5.38. The number of nitrogens with one attached hydrogen (secondary N) is 2. The van der Waals surface area contributed by atoms with Gasteiger partial charge in [-0.3, -0.25) is 0 Å². The smallest absolute Gasteiger partial charge is 0.328 e. The van der Waals surface area contributed by atoms with Gasteiger partial charge in [0.15, 0.2) is 0 Å². The second-order valence-electron chi connectivity index (χ2n) is 4.05. The highest BCUT2D eigenvalue weighted by molar-refractivity contribution is 5.85. The minimum Gasteiger partial charge on any atom is -0.480 e. The molecule has 0 aliphatic carbocycles. The highest BCUT2D eigenvalue weighted by Gasteiger charge is 2.28. The first-order valence-corrected chi connectivity index (χ1v) is 4.68. The maximum Gasteiger partial charge on any atom is 0.328 e.